The van der Waals surface area contributed by atoms with Gasteiger partial charge in [0.05, 0.1) is 7.11 Å². The summed E-state index contributed by atoms with van der Waals surface area (Å²) in [6, 6.07) is 7.48. The molecule has 1 aromatic heterocycles. The van der Waals surface area contributed by atoms with Crippen molar-refractivity contribution in [1.29, 1.82) is 0 Å². The van der Waals surface area contributed by atoms with Crippen LogP contribution in [0, 0.1) is 6.92 Å². The molecule has 1 amide bonds. The summed E-state index contributed by atoms with van der Waals surface area (Å²) in [7, 11) is 3.34. The Morgan fingerprint density at radius 2 is 2.18 bits per heavy atom. The Balaban J connectivity index is 2.32. The number of hydrogen-bond acceptors (Lipinski definition) is 4. The minimum absolute atomic E-state index is 0.0360. The minimum Gasteiger partial charge on any atom is -0.494 e. The Hall–Kier alpha value is -2.34. The van der Waals surface area contributed by atoms with Gasteiger partial charge in [-0.15, -0.1) is 0 Å². The third-order valence-corrected chi connectivity index (χ3v) is 3.71. The Morgan fingerprint density at radius 3 is 2.82 bits per heavy atom. The van der Waals surface area contributed by atoms with Crippen LogP contribution in [-0.2, 0) is 0 Å². The number of carbonyl (C=O) groups is 1. The summed E-state index contributed by atoms with van der Waals surface area (Å²) in [5, 5.41) is 4.37. The second-order valence-electron chi connectivity index (χ2n) is 5.32. The van der Waals surface area contributed by atoms with Gasteiger partial charge in [0.25, 0.3) is 5.91 Å². The van der Waals surface area contributed by atoms with Crippen LogP contribution >= 0.6 is 0 Å². The molecule has 2 rings (SSSR count). The van der Waals surface area contributed by atoms with E-state index in [1.54, 1.807) is 36.0 Å². The molecular formula is C16H22N4O2. The lowest BCUT2D eigenvalue weighted by Gasteiger charge is -2.22. The van der Waals surface area contributed by atoms with Crippen LogP contribution in [0.3, 0.4) is 0 Å². The summed E-state index contributed by atoms with van der Waals surface area (Å²) in [5.41, 5.74) is 7.88. The monoisotopic (exact) mass is 302 g/mol. The summed E-state index contributed by atoms with van der Waals surface area (Å²) in [5.74, 6) is 0.555. The number of hydrogen-bond donors (Lipinski definition) is 1. The van der Waals surface area contributed by atoms with Crippen molar-refractivity contribution >= 4 is 5.91 Å². The molecule has 0 saturated carbocycles. The molecule has 1 atom stereocenters. The van der Waals surface area contributed by atoms with E-state index < -0.39 is 0 Å². The van der Waals surface area contributed by atoms with Crippen molar-refractivity contribution in [1.82, 2.24) is 14.7 Å². The molecule has 6 heteroatoms. The van der Waals surface area contributed by atoms with E-state index in [9.17, 15) is 4.79 Å². The van der Waals surface area contributed by atoms with Crippen molar-refractivity contribution < 1.29 is 9.53 Å². The Morgan fingerprint density at radius 1 is 1.45 bits per heavy atom. The smallest absolute Gasteiger partial charge is 0.274 e. The highest BCUT2D eigenvalue weighted by Crippen LogP contribution is 2.23. The largest absolute Gasteiger partial charge is 0.494 e. The van der Waals surface area contributed by atoms with E-state index >= 15 is 0 Å². The van der Waals surface area contributed by atoms with Crippen LogP contribution < -0.4 is 10.5 Å². The van der Waals surface area contributed by atoms with Gasteiger partial charge in [-0.2, -0.15) is 5.10 Å². The van der Waals surface area contributed by atoms with E-state index in [-0.39, 0.29) is 11.9 Å². The number of methoxy groups -OCH3 is 1. The number of carbonyl (C=O) groups excluding carboxylic acids is 1. The summed E-state index contributed by atoms with van der Waals surface area (Å²) in [6.07, 6.45) is 1.76. The van der Waals surface area contributed by atoms with Crippen molar-refractivity contribution in [3.05, 3.63) is 41.7 Å². The first-order valence-corrected chi connectivity index (χ1v) is 7.15. The van der Waals surface area contributed by atoms with E-state index in [4.69, 9.17) is 10.5 Å². The number of nitrogens with two attached hydrogens (primary N) is 1. The summed E-state index contributed by atoms with van der Waals surface area (Å²) < 4.78 is 7.01. The number of aryl methyl sites for hydroxylation is 1. The number of benzene rings is 1. The maximum atomic E-state index is 12.4. The van der Waals surface area contributed by atoms with Crippen molar-refractivity contribution in [2.45, 2.75) is 19.9 Å². The first-order valence-electron chi connectivity index (χ1n) is 7.15. The average Bonchev–Trinajstić information content (AvgIpc) is 3.02. The lowest BCUT2D eigenvalue weighted by Crippen LogP contribution is -2.39. The standard InChI is InChI=1S/C16H22N4O2/c1-11-5-6-15(22-4)14(9-11)20-8-7-13(18-20)16(21)19(3)12(2)10-17/h5-9,12H,10,17H2,1-4H3. The first-order chi connectivity index (χ1) is 10.5. The molecule has 0 aliphatic rings. The number of aromatic nitrogens is 2. The molecule has 22 heavy (non-hydrogen) atoms. The summed E-state index contributed by atoms with van der Waals surface area (Å²) >= 11 is 0. The Kier molecular flexibility index (Phi) is 4.82. The Labute approximate surface area is 130 Å². The predicted octanol–water partition coefficient (Wildman–Crippen LogP) is 1.61. The fourth-order valence-corrected chi connectivity index (χ4v) is 2.09. The van der Waals surface area contributed by atoms with Gasteiger partial charge in [0, 0.05) is 25.8 Å². The highest BCUT2D eigenvalue weighted by atomic mass is 16.5. The molecule has 1 aromatic carbocycles. The van der Waals surface area contributed by atoms with E-state index in [2.05, 4.69) is 5.10 Å². The molecule has 0 aliphatic heterocycles. The maximum Gasteiger partial charge on any atom is 0.274 e. The van der Waals surface area contributed by atoms with Gasteiger partial charge >= 0.3 is 0 Å². The van der Waals surface area contributed by atoms with Gasteiger partial charge in [-0.1, -0.05) is 6.07 Å². The van der Waals surface area contributed by atoms with Crippen LogP contribution in [0.15, 0.2) is 30.5 Å². The fraction of sp³-hybridized carbons (Fsp3) is 0.375. The van der Waals surface area contributed by atoms with E-state index in [0.29, 0.717) is 18.0 Å². The van der Waals surface area contributed by atoms with Gasteiger partial charge in [0.1, 0.15) is 11.4 Å². The molecule has 1 unspecified atom stereocenters. The molecule has 6 nitrogen and oxygen atoms in total. The van der Waals surface area contributed by atoms with Crippen LogP contribution in [0.1, 0.15) is 23.0 Å². The SMILES string of the molecule is COc1ccc(C)cc1-n1ccc(C(=O)N(C)C(C)CN)n1. The van der Waals surface area contributed by atoms with E-state index in [1.807, 2.05) is 32.0 Å². The third-order valence-electron chi connectivity index (χ3n) is 3.71. The highest BCUT2D eigenvalue weighted by molar-refractivity contribution is 5.92. The molecule has 0 aliphatic carbocycles. The van der Waals surface area contributed by atoms with Gasteiger partial charge in [0.15, 0.2) is 5.69 Å². The molecule has 2 aromatic rings. The van der Waals surface area contributed by atoms with Crippen molar-refractivity contribution in [2.75, 3.05) is 20.7 Å². The average molecular weight is 302 g/mol. The Bertz CT molecular complexity index is 666. The normalized spacial score (nSPS) is 12.0. The first kappa shape index (κ1) is 16.0. The number of ether oxygens (including phenoxy) is 1. The van der Waals surface area contributed by atoms with Crippen LogP contribution in [0.5, 0.6) is 5.75 Å². The maximum absolute atomic E-state index is 12.4. The molecule has 1 heterocycles. The van der Waals surface area contributed by atoms with E-state index in [0.717, 1.165) is 11.3 Å². The van der Waals surface area contributed by atoms with Gasteiger partial charge < -0.3 is 15.4 Å². The van der Waals surface area contributed by atoms with Gasteiger partial charge in [-0.3, -0.25) is 4.79 Å². The molecule has 2 N–H and O–H groups in total. The van der Waals surface area contributed by atoms with Crippen molar-refractivity contribution in [3.63, 3.8) is 0 Å². The van der Waals surface area contributed by atoms with Gasteiger partial charge in [-0.05, 0) is 37.6 Å². The van der Waals surface area contributed by atoms with Crippen LogP contribution in [-0.4, -0.2) is 47.3 Å². The third kappa shape index (κ3) is 3.12. The minimum atomic E-state index is -0.150. The highest BCUT2D eigenvalue weighted by Gasteiger charge is 2.19. The van der Waals surface area contributed by atoms with Crippen molar-refractivity contribution in [3.8, 4) is 11.4 Å². The van der Waals surface area contributed by atoms with Gasteiger partial charge in [-0.25, -0.2) is 4.68 Å². The fourth-order valence-electron chi connectivity index (χ4n) is 2.09. The topological polar surface area (TPSA) is 73.4 Å². The zero-order chi connectivity index (χ0) is 16.3. The van der Waals surface area contributed by atoms with Crippen LogP contribution in [0.4, 0.5) is 0 Å². The molecule has 0 radical (unpaired) electrons. The number of amides is 1. The molecule has 118 valence electrons. The molecular weight excluding hydrogens is 280 g/mol. The van der Waals surface area contributed by atoms with Gasteiger partial charge in [0.2, 0.25) is 0 Å². The zero-order valence-corrected chi connectivity index (χ0v) is 13.4. The van der Waals surface area contributed by atoms with Crippen molar-refractivity contribution in [2.24, 2.45) is 5.73 Å². The number of nitrogens with zero attached hydrogens (tertiary/aromatic N) is 3. The zero-order valence-electron chi connectivity index (χ0n) is 13.4. The number of likely N-dealkylation sites (N-methyl/N-ethyl adjacent to an activating group) is 1. The number of rotatable bonds is 5. The quantitative estimate of drug-likeness (QED) is 0.910. The lowest BCUT2D eigenvalue weighted by molar-refractivity contribution is 0.0742. The van der Waals surface area contributed by atoms with E-state index in [1.165, 1.54) is 0 Å². The second kappa shape index (κ2) is 6.62. The molecule has 0 spiro atoms. The summed E-state index contributed by atoms with van der Waals surface area (Å²) in [6.45, 7) is 4.31. The van der Waals surface area contributed by atoms with Crippen LogP contribution in [0.25, 0.3) is 5.69 Å². The lowest BCUT2D eigenvalue weighted by atomic mass is 10.2. The van der Waals surface area contributed by atoms with Crippen LogP contribution in [0.2, 0.25) is 0 Å². The predicted molar refractivity (Wildman–Crippen MR) is 85.5 cm³/mol. The molecule has 0 saturated heterocycles. The second-order valence-corrected chi connectivity index (χ2v) is 5.32. The molecule has 0 bridgehead atoms. The molecule has 0 fully saturated rings. The summed E-state index contributed by atoms with van der Waals surface area (Å²) in [4.78, 5) is 14.0.